The van der Waals surface area contributed by atoms with Gasteiger partial charge in [-0.15, -0.1) is 11.3 Å². The molecule has 3 nitrogen and oxygen atoms in total. The zero-order valence-electron chi connectivity index (χ0n) is 10.5. The number of anilines is 1. The van der Waals surface area contributed by atoms with E-state index < -0.39 is 0 Å². The number of aromatic nitrogens is 1. The number of nitrogens with zero attached hydrogens (tertiary/aromatic N) is 2. The van der Waals surface area contributed by atoms with Crippen LogP contribution in [-0.4, -0.2) is 23.0 Å². The third-order valence-electron chi connectivity index (χ3n) is 3.45. The van der Waals surface area contributed by atoms with Gasteiger partial charge in [0, 0.05) is 35.6 Å². The molecule has 1 aromatic carbocycles. The predicted octanol–water partition coefficient (Wildman–Crippen LogP) is 2.77. The number of hydrogen-bond donors (Lipinski definition) is 1. The molecule has 0 bridgehead atoms. The Kier molecular flexibility index (Phi) is 3.06. The lowest BCUT2D eigenvalue weighted by atomic mass is 10.1. The lowest BCUT2D eigenvalue weighted by Crippen LogP contribution is -2.29. The highest BCUT2D eigenvalue weighted by molar-refractivity contribution is 7.15. The molecule has 2 aromatic rings. The van der Waals surface area contributed by atoms with E-state index in [-0.39, 0.29) is 0 Å². The van der Waals surface area contributed by atoms with Gasteiger partial charge in [0.05, 0.1) is 5.69 Å². The van der Waals surface area contributed by atoms with Crippen LogP contribution in [0.2, 0.25) is 0 Å². The number of nitrogens with two attached hydrogens (primary N) is 1. The summed E-state index contributed by atoms with van der Waals surface area (Å²) in [7, 11) is 0. The average molecular weight is 259 g/mol. The van der Waals surface area contributed by atoms with Gasteiger partial charge in [0.15, 0.2) is 0 Å². The number of nitrogen functional groups attached to an aromatic ring is 1. The number of rotatable bonds is 2. The summed E-state index contributed by atoms with van der Waals surface area (Å²) in [4.78, 5) is 8.62. The number of hydrogen-bond acceptors (Lipinski definition) is 4. The summed E-state index contributed by atoms with van der Waals surface area (Å²) in [5, 5.41) is 1.07. The standard InChI is InChI=1S/C14H17N3S/c1-2-17-8-7-12-13(9-17)18-14(16-12)10-5-3-4-6-11(10)15/h3-6H,2,7-9,15H2,1H3. The Hall–Kier alpha value is -1.39. The lowest BCUT2D eigenvalue weighted by molar-refractivity contribution is 0.270. The first-order chi connectivity index (χ1) is 8.78. The fraction of sp³-hybridized carbons (Fsp3) is 0.357. The molecule has 3 rings (SSSR count). The zero-order chi connectivity index (χ0) is 12.5. The van der Waals surface area contributed by atoms with Gasteiger partial charge >= 0.3 is 0 Å². The van der Waals surface area contributed by atoms with E-state index in [2.05, 4.69) is 17.9 Å². The van der Waals surface area contributed by atoms with Crippen LogP contribution < -0.4 is 5.73 Å². The summed E-state index contributed by atoms with van der Waals surface area (Å²) >= 11 is 1.79. The van der Waals surface area contributed by atoms with E-state index in [9.17, 15) is 0 Å². The van der Waals surface area contributed by atoms with Crippen molar-refractivity contribution in [3.63, 3.8) is 0 Å². The molecule has 2 N–H and O–H groups in total. The van der Waals surface area contributed by atoms with Gasteiger partial charge in [-0.3, -0.25) is 4.90 Å². The van der Waals surface area contributed by atoms with Crippen LogP contribution >= 0.6 is 11.3 Å². The number of thiazole rings is 1. The minimum atomic E-state index is 0.816. The van der Waals surface area contributed by atoms with Gasteiger partial charge in [-0.1, -0.05) is 19.1 Å². The predicted molar refractivity (Wildman–Crippen MR) is 76.6 cm³/mol. The van der Waals surface area contributed by atoms with Crippen molar-refractivity contribution >= 4 is 17.0 Å². The minimum absolute atomic E-state index is 0.816. The molecule has 0 aliphatic carbocycles. The van der Waals surface area contributed by atoms with Gasteiger partial charge in [-0.2, -0.15) is 0 Å². The zero-order valence-corrected chi connectivity index (χ0v) is 11.3. The van der Waals surface area contributed by atoms with Crippen LogP contribution in [0.5, 0.6) is 0 Å². The van der Waals surface area contributed by atoms with Crippen molar-refractivity contribution in [1.82, 2.24) is 9.88 Å². The van der Waals surface area contributed by atoms with E-state index in [0.717, 1.165) is 42.3 Å². The van der Waals surface area contributed by atoms with Crippen LogP contribution in [0.3, 0.4) is 0 Å². The average Bonchev–Trinajstić information content (AvgIpc) is 2.81. The summed E-state index contributed by atoms with van der Waals surface area (Å²) in [6.45, 7) is 5.48. The Bertz CT molecular complexity index is 562. The first-order valence-electron chi connectivity index (χ1n) is 6.33. The molecule has 4 heteroatoms. The summed E-state index contributed by atoms with van der Waals surface area (Å²) < 4.78 is 0. The van der Waals surface area contributed by atoms with Crippen LogP contribution in [0.1, 0.15) is 17.5 Å². The molecular weight excluding hydrogens is 242 g/mol. The maximum absolute atomic E-state index is 6.02. The highest BCUT2D eigenvalue weighted by Crippen LogP contribution is 2.34. The smallest absolute Gasteiger partial charge is 0.125 e. The Morgan fingerprint density at radius 2 is 2.22 bits per heavy atom. The van der Waals surface area contributed by atoms with Gasteiger partial charge in [-0.25, -0.2) is 4.98 Å². The minimum Gasteiger partial charge on any atom is -0.398 e. The molecule has 1 aromatic heterocycles. The van der Waals surface area contributed by atoms with Crippen molar-refractivity contribution in [3.05, 3.63) is 34.8 Å². The largest absolute Gasteiger partial charge is 0.398 e. The Labute approximate surface area is 111 Å². The number of likely N-dealkylation sites (N-methyl/N-ethyl adjacent to an activating group) is 1. The summed E-state index contributed by atoms with van der Waals surface area (Å²) in [6, 6.07) is 7.97. The Morgan fingerprint density at radius 1 is 1.39 bits per heavy atom. The fourth-order valence-electron chi connectivity index (χ4n) is 2.33. The second-order valence-corrected chi connectivity index (χ2v) is 5.68. The summed E-state index contributed by atoms with van der Waals surface area (Å²) in [5.74, 6) is 0. The SMILES string of the molecule is CCN1CCc2nc(-c3ccccc3N)sc2C1. The number of para-hydroxylation sites is 1. The van der Waals surface area contributed by atoms with E-state index >= 15 is 0 Å². The van der Waals surface area contributed by atoms with Gasteiger partial charge in [0.1, 0.15) is 5.01 Å². The van der Waals surface area contributed by atoms with Crippen molar-refractivity contribution in [1.29, 1.82) is 0 Å². The van der Waals surface area contributed by atoms with E-state index in [0.29, 0.717) is 0 Å². The Morgan fingerprint density at radius 3 is 3.00 bits per heavy atom. The van der Waals surface area contributed by atoms with Crippen molar-refractivity contribution < 1.29 is 0 Å². The third-order valence-corrected chi connectivity index (χ3v) is 4.56. The van der Waals surface area contributed by atoms with Crippen LogP contribution in [0.25, 0.3) is 10.6 Å². The highest BCUT2D eigenvalue weighted by atomic mass is 32.1. The van der Waals surface area contributed by atoms with Crippen molar-refractivity contribution in [3.8, 4) is 10.6 Å². The molecule has 0 unspecified atom stereocenters. The second kappa shape index (κ2) is 4.71. The van der Waals surface area contributed by atoms with Crippen molar-refractivity contribution in [2.24, 2.45) is 0 Å². The van der Waals surface area contributed by atoms with E-state index in [4.69, 9.17) is 10.7 Å². The number of fused-ring (bicyclic) bond motifs is 1. The van der Waals surface area contributed by atoms with Gasteiger partial charge < -0.3 is 5.73 Å². The molecule has 0 saturated heterocycles. The molecule has 0 amide bonds. The normalized spacial score (nSPS) is 15.6. The third kappa shape index (κ3) is 2.02. The number of benzene rings is 1. The van der Waals surface area contributed by atoms with E-state index in [1.54, 1.807) is 11.3 Å². The molecule has 0 atom stereocenters. The van der Waals surface area contributed by atoms with Crippen LogP contribution in [0, 0.1) is 0 Å². The molecule has 0 radical (unpaired) electrons. The molecule has 0 saturated carbocycles. The first-order valence-corrected chi connectivity index (χ1v) is 7.15. The molecule has 2 heterocycles. The monoisotopic (exact) mass is 259 g/mol. The van der Waals surface area contributed by atoms with E-state index in [1.165, 1.54) is 10.6 Å². The van der Waals surface area contributed by atoms with Crippen LogP contribution in [-0.2, 0) is 13.0 Å². The highest BCUT2D eigenvalue weighted by Gasteiger charge is 2.20. The summed E-state index contributed by atoms with van der Waals surface area (Å²) in [6.07, 6.45) is 1.06. The van der Waals surface area contributed by atoms with Gasteiger partial charge in [0.2, 0.25) is 0 Å². The maximum atomic E-state index is 6.02. The molecule has 1 aliphatic rings. The summed E-state index contributed by atoms with van der Waals surface area (Å²) in [5.41, 5.74) is 9.17. The van der Waals surface area contributed by atoms with Gasteiger partial charge in [0.25, 0.3) is 0 Å². The van der Waals surface area contributed by atoms with Crippen LogP contribution in [0.4, 0.5) is 5.69 Å². The van der Waals surface area contributed by atoms with Crippen molar-refractivity contribution in [2.75, 3.05) is 18.8 Å². The maximum Gasteiger partial charge on any atom is 0.125 e. The quantitative estimate of drug-likeness (QED) is 0.843. The molecule has 94 valence electrons. The molecule has 0 fully saturated rings. The van der Waals surface area contributed by atoms with Crippen molar-refractivity contribution in [2.45, 2.75) is 19.9 Å². The first kappa shape index (κ1) is 11.7. The van der Waals surface area contributed by atoms with Gasteiger partial charge in [-0.05, 0) is 18.7 Å². The van der Waals surface area contributed by atoms with E-state index in [1.807, 2.05) is 18.2 Å². The molecule has 0 spiro atoms. The second-order valence-electron chi connectivity index (χ2n) is 4.59. The topological polar surface area (TPSA) is 42.2 Å². The fourth-order valence-corrected chi connectivity index (χ4v) is 3.52. The Balaban J connectivity index is 1.97. The molecule has 18 heavy (non-hydrogen) atoms. The lowest BCUT2D eigenvalue weighted by Gasteiger charge is -2.23. The molecular formula is C14H17N3S. The van der Waals surface area contributed by atoms with Crippen LogP contribution in [0.15, 0.2) is 24.3 Å². The molecule has 1 aliphatic heterocycles.